The van der Waals surface area contributed by atoms with E-state index in [0.717, 1.165) is 5.56 Å². The Hall–Kier alpha value is -2.87. The number of hydrogen-bond donors (Lipinski definition) is 1. The largest absolute Gasteiger partial charge is 0.329 e. The molecular weight excluding hydrogens is 305 g/mol. The standard InChI is InChI=1S/C19H18FN3O/c1-19(2)17(22-18(24)23(19)3)14-8-10-16(21-12-14)9-7-13-5-4-6-15(20)11-13/h4-6,8,10-12,17H,1-3H3,(H,22,24). The summed E-state index contributed by atoms with van der Waals surface area (Å²) in [5.74, 6) is 5.50. The van der Waals surface area contributed by atoms with E-state index < -0.39 is 0 Å². The number of likely N-dealkylation sites (N-methyl/N-ethyl adjacent to an activating group) is 1. The zero-order chi connectivity index (χ0) is 17.3. The smallest absolute Gasteiger partial charge is 0.318 e. The van der Waals surface area contributed by atoms with E-state index in [0.29, 0.717) is 11.3 Å². The molecule has 1 aliphatic rings. The van der Waals surface area contributed by atoms with Crippen LogP contribution in [0.2, 0.25) is 0 Å². The Morgan fingerprint density at radius 2 is 2.04 bits per heavy atom. The van der Waals surface area contributed by atoms with Crippen molar-refractivity contribution in [2.45, 2.75) is 25.4 Å². The number of nitrogens with one attached hydrogen (secondary N) is 1. The molecule has 24 heavy (non-hydrogen) atoms. The molecule has 0 radical (unpaired) electrons. The first-order valence-electron chi connectivity index (χ1n) is 7.66. The molecule has 0 aliphatic carbocycles. The van der Waals surface area contributed by atoms with Crippen molar-refractivity contribution in [1.29, 1.82) is 0 Å². The Balaban J connectivity index is 1.81. The molecule has 1 unspecified atom stereocenters. The number of nitrogens with zero attached hydrogens (tertiary/aromatic N) is 2. The summed E-state index contributed by atoms with van der Waals surface area (Å²) in [6, 6.07) is 9.62. The molecule has 1 saturated heterocycles. The average Bonchev–Trinajstić information content (AvgIpc) is 2.77. The van der Waals surface area contributed by atoms with Crippen molar-refractivity contribution in [3.8, 4) is 11.8 Å². The third-order valence-corrected chi connectivity index (χ3v) is 4.42. The molecule has 1 aromatic heterocycles. The van der Waals surface area contributed by atoms with Crippen LogP contribution in [-0.4, -0.2) is 28.5 Å². The lowest BCUT2D eigenvalue weighted by atomic mass is 9.90. The van der Waals surface area contributed by atoms with Gasteiger partial charge in [0.15, 0.2) is 0 Å². The van der Waals surface area contributed by atoms with Crippen molar-refractivity contribution in [2.75, 3.05) is 7.05 Å². The number of urea groups is 1. The molecule has 4 nitrogen and oxygen atoms in total. The Labute approximate surface area is 140 Å². The second-order valence-electron chi connectivity index (χ2n) is 6.33. The van der Waals surface area contributed by atoms with Gasteiger partial charge in [-0.2, -0.15) is 0 Å². The molecule has 122 valence electrons. The first-order valence-corrected chi connectivity index (χ1v) is 7.66. The fourth-order valence-electron chi connectivity index (χ4n) is 2.70. The van der Waals surface area contributed by atoms with Crippen LogP contribution in [0.4, 0.5) is 9.18 Å². The fourth-order valence-corrected chi connectivity index (χ4v) is 2.70. The molecule has 2 amide bonds. The molecule has 3 rings (SSSR count). The summed E-state index contributed by atoms with van der Waals surface area (Å²) in [6.45, 7) is 4.01. The Bertz CT molecular complexity index is 834. The van der Waals surface area contributed by atoms with Gasteiger partial charge < -0.3 is 10.2 Å². The van der Waals surface area contributed by atoms with Crippen molar-refractivity contribution in [3.63, 3.8) is 0 Å². The van der Waals surface area contributed by atoms with Crippen molar-refractivity contribution in [3.05, 3.63) is 65.2 Å². The minimum atomic E-state index is -0.340. The lowest BCUT2D eigenvalue weighted by Crippen LogP contribution is -2.40. The number of aromatic nitrogens is 1. The molecule has 2 aromatic rings. The lowest BCUT2D eigenvalue weighted by Gasteiger charge is -2.31. The highest BCUT2D eigenvalue weighted by molar-refractivity contribution is 5.78. The number of pyridine rings is 1. The highest BCUT2D eigenvalue weighted by Crippen LogP contribution is 2.34. The Morgan fingerprint density at radius 3 is 2.62 bits per heavy atom. The van der Waals surface area contributed by atoms with Gasteiger partial charge in [-0.25, -0.2) is 14.2 Å². The highest BCUT2D eigenvalue weighted by atomic mass is 19.1. The average molecular weight is 323 g/mol. The molecule has 5 heteroatoms. The van der Waals surface area contributed by atoms with Gasteiger partial charge in [0.05, 0.1) is 11.6 Å². The summed E-state index contributed by atoms with van der Waals surface area (Å²) in [7, 11) is 1.78. The molecule has 1 N–H and O–H groups in total. The SMILES string of the molecule is CN1C(=O)NC(c2ccc(C#Cc3cccc(F)c3)nc2)C1(C)C. The molecule has 1 aliphatic heterocycles. The van der Waals surface area contributed by atoms with E-state index in [1.807, 2.05) is 26.0 Å². The minimum Gasteiger partial charge on any atom is -0.329 e. The van der Waals surface area contributed by atoms with Crippen LogP contribution in [0.5, 0.6) is 0 Å². The monoisotopic (exact) mass is 323 g/mol. The summed E-state index contributed by atoms with van der Waals surface area (Å²) >= 11 is 0. The summed E-state index contributed by atoms with van der Waals surface area (Å²) in [4.78, 5) is 17.9. The van der Waals surface area contributed by atoms with E-state index in [4.69, 9.17) is 0 Å². The number of carbonyl (C=O) groups excluding carboxylic acids is 1. The first kappa shape index (κ1) is 16.0. The van der Waals surface area contributed by atoms with Crippen LogP contribution in [0.25, 0.3) is 0 Å². The van der Waals surface area contributed by atoms with E-state index in [1.54, 1.807) is 30.3 Å². The molecule has 0 spiro atoms. The van der Waals surface area contributed by atoms with Crippen LogP contribution in [0.3, 0.4) is 0 Å². The van der Waals surface area contributed by atoms with Crippen molar-refractivity contribution >= 4 is 6.03 Å². The van der Waals surface area contributed by atoms with Crippen LogP contribution >= 0.6 is 0 Å². The van der Waals surface area contributed by atoms with Crippen molar-refractivity contribution in [2.24, 2.45) is 0 Å². The number of carbonyl (C=O) groups is 1. The first-order chi connectivity index (χ1) is 11.4. The van der Waals surface area contributed by atoms with Crippen LogP contribution in [0, 0.1) is 17.7 Å². The Kier molecular flexibility index (Phi) is 3.98. The van der Waals surface area contributed by atoms with Crippen LogP contribution in [0.15, 0.2) is 42.6 Å². The van der Waals surface area contributed by atoms with Crippen LogP contribution in [0.1, 0.15) is 36.7 Å². The van der Waals surface area contributed by atoms with Gasteiger partial charge >= 0.3 is 6.03 Å². The molecule has 1 atom stereocenters. The van der Waals surface area contributed by atoms with Crippen LogP contribution in [-0.2, 0) is 0 Å². The molecule has 1 aromatic carbocycles. The number of rotatable bonds is 1. The number of halogens is 1. The molecule has 0 bridgehead atoms. The summed E-state index contributed by atoms with van der Waals surface area (Å²) in [6.07, 6.45) is 1.72. The van der Waals surface area contributed by atoms with E-state index in [9.17, 15) is 9.18 Å². The number of hydrogen-bond acceptors (Lipinski definition) is 2. The lowest BCUT2D eigenvalue weighted by molar-refractivity contribution is 0.187. The minimum absolute atomic E-state index is 0.0972. The molecule has 0 saturated carbocycles. The third-order valence-electron chi connectivity index (χ3n) is 4.42. The highest BCUT2D eigenvalue weighted by Gasteiger charge is 2.44. The maximum absolute atomic E-state index is 13.1. The predicted octanol–water partition coefficient (Wildman–Crippen LogP) is 3.10. The van der Waals surface area contributed by atoms with Gasteiger partial charge in [-0.1, -0.05) is 18.1 Å². The van der Waals surface area contributed by atoms with Gasteiger partial charge in [0.25, 0.3) is 0 Å². The quantitative estimate of drug-likeness (QED) is 0.820. The normalized spacial score (nSPS) is 18.8. The molecular formula is C19H18FN3O. The number of benzene rings is 1. The zero-order valence-electron chi connectivity index (χ0n) is 13.8. The van der Waals surface area contributed by atoms with Gasteiger partial charge in [0, 0.05) is 18.8 Å². The van der Waals surface area contributed by atoms with E-state index in [-0.39, 0.29) is 23.4 Å². The molecule has 2 heterocycles. The zero-order valence-corrected chi connectivity index (χ0v) is 13.8. The maximum Gasteiger partial charge on any atom is 0.318 e. The summed E-state index contributed by atoms with van der Waals surface area (Å²) < 4.78 is 13.1. The van der Waals surface area contributed by atoms with E-state index in [2.05, 4.69) is 22.1 Å². The van der Waals surface area contributed by atoms with Gasteiger partial charge in [-0.05, 0) is 49.6 Å². The van der Waals surface area contributed by atoms with Gasteiger partial charge in [-0.3, -0.25) is 0 Å². The maximum atomic E-state index is 13.1. The van der Waals surface area contributed by atoms with Gasteiger partial charge in [0.2, 0.25) is 0 Å². The predicted molar refractivity (Wildman–Crippen MR) is 89.7 cm³/mol. The Morgan fingerprint density at radius 1 is 1.25 bits per heavy atom. The van der Waals surface area contributed by atoms with Crippen LogP contribution < -0.4 is 5.32 Å². The topological polar surface area (TPSA) is 45.2 Å². The van der Waals surface area contributed by atoms with E-state index in [1.165, 1.54) is 12.1 Å². The second kappa shape index (κ2) is 5.97. The summed E-state index contributed by atoms with van der Waals surface area (Å²) in [5, 5.41) is 2.96. The molecule has 1 fully saturated rings. The van der Waals surface area contributed by atoms with Gasteiger partial charge in [0.1, 0.15) is 11.5 Å². The fraction of sp³-hybridized carbons (Fsp3) is 0.263. The van der Waals surface area contributed by atoms with Crippen molar-refractivity contribution < 1.29 is 9.18 Å². The summed E-state index contributed by atoms with van der Waals surface area (Å²) in [5.41, 5.74) is 1.78. The van der Waals surface area contributed by atoms with E-state index >= 15 is 0 Å². The third kappa shape index (κ3) is 2.95. The van der Waals surface area contributed by atoms with Gasteiger partial charge in [-0.15, -0.1) is 0 Å². The number of amides is 2. The second-order valence-corrected chi connectivity index (χ2v) is 6.33. The van der Waals surface area contributed by atoms with Crippen molar-refractivity contribution in [1.82, 2.24) is 15.2 Å².